The number of benzene rings is 1. The van der Waals surface area contributed by atoms with Crippen LogP contribution in [0.1, 0.15) is 31.4 Å². The molecular formula is C13H19BrN2O2S. The summed E-state index contributed by atoms with van der Waals surface area (Å²) in [5.74, 6) is 0.161. The van der Waals surface area contributed by atoms with Gasteiger partial charge in [-0.25, -0.2) is 13.1 Å². The zero-order valence-electron chi connectivity index (χ0n) is 10.9. The molecule has 0 aliphatic carbocycles. The lowest BCUT2D eigenvalue weighted by Gasteiger charge is -2.17. The first kappa shape index (κ1) is 15.0. The van der Waals surface area contributed by atoms with Crippen LogP contribution < -0.4 is 10.0 Å². The maximum Gasteiger partial charge on any atom is 0.213 e. The molecule has 2 unspecified atom stereocenters. The molecule has 1 aromatic rings. The predicted octanol–water partition coefficient (Wildman–Crippen LogP) is 2.18. The third-order valence-electron chi connectivity index (χ3n) is 3.31. The summed E-state index contributed by atoms with van der Waals surface area (Å²) in [5, 5.41) is 3.21. The molecule has 19 heavy (non-hydrogen) atoms. The van der Waals surface area contributed by atoms with Gasteiger partial charge in [-0.2, -0.15) is 0 Å². The van der Waals surface area contributed by atoms with Gasteiger partial charge in [0.2, 0.25) is 10.0 Å². The maximum absolute atomic E-state index is 12.1. The van der Waals surface area contributed by atoms with Crippen molar-refractivity contribution >= 4 is 26.0 Å². The van der Waals surface area contributed by atoms with E-state index >= 15 is 0 Å². The highest BCUT2D eigenvalue weighted by molar-refractivity contribution is 9.10. The molecule has 0 saturated carbocycles. The van der Waals surface area contributed by atoms with Crippen molar-refractivity contribution in [3.63, 3.8) is 0 Å². The van der Waals surface area contributed by atoms with Crippen LogP contribution in [-0.4, -0.2) is 26.8 Å². The molecule has 1 heterocycles. The van der Waals surface area contributed by atoms with Crippen molar-refractivity contribution in [2.45, 2.75) is 31.8 Å². The fraction of sp³-hybridized carbons (Fsp3) is 0.538. The minimum atomic E-state index is -3.25. The Morgan fingerprint density at radius 1 is 1.42 bits per heavy atom. The van der Waals surface area contributed by atoms with E-state index in [-0.39, 0.29) is 17.8 Å². The van der Waals surface area contributed by atoms with E-state index in [1.54, 1.807) is 0 Å². The van der Waals surface area contributed by atoms with Crippen LogP contribution >= 0.6 is 15.9 Å². The van der Waals surface area contributed by atoms with E-state index in [0.29, 0.717) is 0 Å². The molecule has 106 valence electrons. The van der Waals surface area contributed by atoms with Gasteiger partial charge in [0.25, 0.3) is 0 Å². The van der Waals surface area contributed by atoms with E-state index in [1.807, 2.05) is 31.2 Å². The summed E-state index contributed by atoms with van der Waals surface area (Å²) in [7, 11) is -3.25. The van der Waals surface area contributed by atoms with E-state index in [0.717, 1.165) is 29.4 Å². The van der Waals surface area contributed by atoms with Crippen LogP contribution in [0.15, 0.2) is 28.7 Å². The Kier molecular flexibility index (Phi) is 5.00. The molecule has 1 aliphatic rings. The topological polar surface area (TPSA) is 58.2 Å². The average Bonchev–Trinajstić information content (AvgIpc) is 2.81. The predicted molar refractivity (Wildman–Crippen MR) is 80.5 cm³/mol. The summed E-state index contributed by atoms with van der Waals surface area (Å²) in [6.07, 6.45) is 2.00. The fourth-order valence-corrected chi connectivity index (χ4v) is 4.15. The van der Waals surface area contributed by atoms with Crippen LogP contribution in [0.2, 0.25) is 0 Å². The fourth-order valence-electron chi connectivity index (χ4n) is 2.30. The Labute approximate surface area is 123 Å². The summed E-state index contributed by atoms with van der Waals surface area (Å²) < 4.78 is 27.9. The molecule has 4 nitrogen and oxygen atoms in total. The van der Waals surface area contributed by atoms with Gasteiger partial charge >= 0.3 is 0 Å². The van der Waals surface area contributed by atoms with Crippen molar-refractivity contribution in [1.29, 1.82) is 0 Å². The van der Waals surface area contributed by atoms with E-state index in [4.69, 9.17) is 0 Å². The van der Waals surface area contributed by atoms with Crippen LogP contribution in [0.5, 0.6) is 0 Å². The lowest BCUT2D eigenvalue weighted by atomic mass is 10.1. The molecule has 0 aromatic heterocycles. The van der Waals surface area contributed by atoms with Gasteiger partial charge in [0, 0.05) is 16.6 Å². The Bertz CT molecular complexity index is 510. The molecule has 2 rings (SSSR count). The van der Waals surface area contributed by atoms with Gasteiger partial charge < -0.3 is 5.32 Å². The summed E-state index contributed by atoms with van der Waals surface area (Å²) in [6.45, 7) is 2.78. The first-order valence-corrected chi connectivity index (χ1v) is 8.90. The molecule has 1 aliphatic heterocycles. The van der Waals surface area contributed by atoms with E-state index in [1.165, 1.54) is 0 Å². The summed E-state index contributed by atoms with van der Waals surface area (Å²) >= 11 is 3.37. The zero-order chi connectivity index (χ0) is 13.9. The minimum absolute atomic E-state index is 0.0922. The molecule has 1 aromatic carbocycles. The Balaban J connectivity index is 1.96. The third kappa shape index (κ3) is 4.56. The van der Waals surface area contributed by atoms with Crippen LogP contribution in [0, 0.1) is 0 Å². The molecule has 0 bridgehead atoms. The number of hydrogen-bond acceptors (Lipinski definition) is 3. The van der Waals surface area contributed by atoms with Crippen molar-refractivity contribution in [3.8, 4) is 0 Å². The summed E-state index contributed by atoms with van der Waals surface area (Å²) in [5.41, 5.74) is 0.964. The van der Waals surface area contributed by atoms with Crippen molar-refractivity contribution in [1.82, 2.24) is 10.0 Å². The van der Waals surface area contributed by atoms with E-state index in [2.05, 4.69) is 26.0 Å². The second-order valence-electron chi connectivity index (χ2n) is 4.97. The van der Waals surface area contributed by atoms with Gasteiger partial charge in [-0.1, -0.05) is 28.1 Å². The number of halogens is 1. The van der Waals surface area contributed by atoms with Crippen LogP contribution in [0.25, 0.3) is 0 Å². The highest BCUT2D eigenvalue weighted by Crippen LogP contribution is 2.17. The Morgan fingerprint density at radius 2 is 2.11 bits per heavy atom. The number of sulfonamides is 1. The van der Waals surface area contributed by atoms with E-state index < -0.39 is 10.0 Å². The van der Waals surface area contributed by atoms with Gasteiger partial charge in [-0.3, -0.25) is 0 Å². The molecule has 2 N–H and O–H groups in total. The zero-order valence-corrected chi connectivity index (χ0v) is 13.3. The molecule has 6 heteroatoms. The number of rotatable bonds is 5. The second kappa shape index (κ2) is 6.35. The molecule has 1 fully saturated rings. The summed E-state index contributed by atoms with van der Waals surface area (Å²) in [4.78, 5) is 0. The maximum atomic E-state index is 12.1. The van der Waals surface area contributed by atoms with Gasteiger partial charge in [0.1, 0.15) is 0 Å². The van der Waals surface area contributed by atoms with Crippen LogP contribution in [0.4, 0.5) is 0 Å². The van der Waals surface area contributed by atoms with Gasteiger partial charge in [0.05, 0.1) is 5.75 Å². The molecule has 2 atom stereocenters. The van der Waals surface area contributed by atoms with Crippen molar-refractivity contribution < 1.29 is 8.42 Å². The SMILES string of the molecule is CC(NS(=O)(=O)CC1CCCN1)c1ccc(Br)cc1. The average molecular weight is 347 g/mol. The van der Waals surface area contributed by atoms with Crippen molar-refractivity contribution in [2.75, 3.05) is 12.3 Å². The van der Waals surface area contributed by atoms with Crippen molar-refractivity contribution in [2.24, 2.45) is 0 Å². The second-order valence-corrected chi connectivity index (χ2v) is 7.68. The molecule has 0 spiro atoms. The highest BCUT2D eigenvalue weighted by atomic mass is 79.9. The normalized spacial score (nSPS) is 21.5. The number of hydrogen-bond donors (Lipinski definition) is 2. The first-order chi connectivity index (χ1) is 8.96. The molecular weight excluding hydrogens is 328 g/mol. The van der Waals surface area contributed by atoms with Gasteiger partial charge in [0.15, 0.2) is 0 Å². The third-order valence-corrected chi connectivity index (χ3v) is 5.39. The lowest BCUT2D eigenvalue weighted by Crippen LogP contribution is -2.37. The van der Waals surface area contributed by atoms with Gasteiger partial charge in [-0.15, -0.1) is 0 Å². The quantitative estimate of drug-likeness (QED) is 0.858. The Morgan fingerprint density at radius 3 is 2.68 bits per heavy atom. The number of nitrogens with one attached hydrogen (secondary N) is 2. The minimum Gasteiger partial charge on any atom is -0.313 e. The largest absolute Gasteiger partial charge is 0.313 e. The smallest absolute Gasteiger partial charge is 0.213 e. The van der Waals surface area contributed by atoms with E-state index in [9.17, 15) is 8.42 Å². The van der Waals surface area contributed by atoms with Gasteiger partial charge in [-0.05, 0) is 44.0 Å². The summed E-state index contributed by atoms with van der Waals surface area (Å²) in [6, 6.07) is 7.56. The van der Waals surface area contributed by atoms with Crippen LogP contribution in [0.3, 0.4) is 0 Å². The lowest BCUT2D eigenvalue weighted by molar-refractivity contribution is 0.551. The highest BCUT2D eigenvalue weighted by Gasteiger charge is 2.23. The standard InChI is InChI=1S/C13H19BrN2O2S/c1-10(11-4-6-12(14)7-5-11)16-19(17,18)9-13-3-2-8-15-13/h4-7,10,13,15-16H,2-3,8-9H2,1H3. The monoisotopic (exact) mass is 346 g/mol. The molecule has 1 saturated heterocycles. The van der Waals surface area contributed by atoms with Crippen LogP contribution in [-0.2, 0) is 10.0 Å². The Hall–Kier alpha value is -0.430. The first-order valence-electron chi connectivity index (χ1n) is 6.45. The molecule has 0 radical (unpaired) electrons. The van der Waals surface area contributed by atoms with Crippen molar-refractivity contribution in [3.05, 3.63) is 34.3 Å². The molecule has 0 amide bonds.